The number of guanidine groups is 1. The van der Waals surface area contributed by atoms with Crippen molar-refractivity contribution < 1.29 is 4.74 Å². The van der Waals surface area contributed by atoms with Gasteiger partial charge in [0.05, 0.1) is 7.11 Å². The number of nitrogens with two attached hydrogens (primary N) is 1. The normalized spacial score (nSPS) is 17.6. The summed E-state index contributed by atoms with van der Waals surface area (Å²) in [6.07, 6.45) is 1.13. The van der Waals surface area contributed by atoms with Crippen molar-refractivity contribution >= 4 is 33.3 Å². The molecule has 25 heavy (non-hydrogen) atoms. The van der Waals surface area contributed by atoms with Gasteiger partial charge in [-0.2, -0.15) is 0 Å². The molecule has 0 amide bonds. The molecule has 1 saturated heterocycles. The number of ether oxygens (including phenoxy) is 1. The maximum Gasteiger partial charge on any atom is 0.193 e. The smallest absolute Gasteiger partial charge is 0.193 e. The maximum atomic E-state index is 6.02. The Balaban J connectivity index is 1.52. The minimum atomic E-state index is 0.440. The lowest BCUT2D eigenvalue weighted by atomic mass is 10.1. The summed E-state index contributed by atoms with van der Waals surface area (Å²) in [5.41, 5.74) is 8.16. The van der Waals surface area contributed by atoms with Gasteiger partial charge in [-0.05, 0) is 48.7 Å². The fourth-order valence-corrected chi connectivity index (χ4v) is 3.25. The molecule has 1 fully saturated rings. The minimum absolute atomic E-state index is 0.440. The van der Waals surface area contributed by atoms with Gasteiger partial charge in [0.15, 0.2) is 5.96 Å². The molecule has 1 unspecified atom stereocenters. The van der Waals surface area contributed by atoms with Gasteiger partial charge in [0.25, 0.3) is 0 Å². The van der Waals surface area contributed by atoms with Crippen LogP contribution >= 0.6 is 15.9 Å². The number of benzene rings is 2. The van der Waals surface area contributed by atoms with Crippen molar-refractivity contribution in [3.8, 4) is 5.75 Å². The summed E-state index contributed by atoms with van der Waals surface area (Å²) in [5.74, 6) is 1.75. The maximum absolute atomic E-state index is 6.02. The number of halogens is 1. The van der Waals surface area contributed by atoms with E-state index >= 15 is 0 Å². The van der Waals surface area contributed by atoms with Crippen molar-refractivity contribution in [2.75, 3.05) is 37.0 Å². The third-order valence-corrected chi connectivity index (χ3v) is 4.87. The number of methoxy groups -OCH3 is 1. The third-order valence-electron chi connectivity index (χ3n) is 4.34. The molecule has 1 atom stereocenters. The van der Waals surface area contributed by atoms with Crippen LogP contribution in [-0.4, -0.2) is 32.7 Å². The Bertz CT molecular complexity index is 732. The van der Waals surface area contributed by atoms with E-state index in [9.17, 15) is 0 Å². The second kappa shape index (κ2) is 8.25. The highest BCUT2D eigenvalue weighted by molar-refractivity contribution is 9.10. The largest absolute Gasteiger partial charge is 0.497 e. The highest BCUT2D eigenvalue weighted by Gasteiger charge is 2.22. The molecular weight excluding hydrogens is 380 g/mol. The van der Waals surface area contributed by atoms with E-state index in [-0.39, 0.29) is 0 Å². The van der Waals surface area contributed by atoms with Crippen molar-refractivity contribution in [3.63, 3.8) is 0 Å². The lowest BCUT2D eigenvalue weighted by molar-refractivity contribution is 0.415. The molecule has 1 heterocycles. The monoisotopic (exact) mass is 402 g/mol. The van der Waals surface area contributed by atoms with Crippen LogP contribution in [0.3, 0.4) is 0 Å². The molecule has 1 aliphatic rings. The van der Waals surface area contributed by atoms with Gasteiger partial charge in [0.2, 0.25) is 0 Å². The zero-order valence-corrected chi connectivity index (χ0v) is 15.9. The molecule has 5 nitrogen and oxygen atoms in total. The van der Waals surface area contributed by atoms with Gasteiger partial charge in [-0.3, -0.25) is 4.99 Å². The molecule has 0 radical (unpaired) electrons. The number of nitrogens with one attached hydrogen (secondary N) is 1. The average Bonchev–Trinajstić information content (AvgIpc) is 3.10. The minimum Gasteiger partial charge on any atom is -0.497 e. The van der Waals surface area contributed by atoms with E-state index < -0.39 is 0 Å². The van der Waals surface area contributed by atoms with E-state index in [1.807, 2.05) is 24.3 Å². The van der Waals surface area contributed by atoms with Gasteiger partial charge in [0.1, 0.15) is 5.75 Å². The van der Waals surface area contributed by atoms with Crippen LogP contribution in [0.2, 0.25) is 0 Å². The summed E-state index contributed by atoms with van der Waals surface area (Å²) in [4.78, 5) is 6.91. The second-order valence-electron chi connectivity index (χ2n) is 6.16. The van der Waals surface area contributed by atoms with Gasteiger partial charge in [-0.1, -0.05) is 22.0 Å². The first-order chi connectivity index (χ1) is 12.1. The molecule has 0 aliphatic carbocycles. The topological polar surface area (TPSA) is 62.9 Å². The summed E-state index contributed by atoms with van der Waals surface area (Å²) in [6, 6.07) is 16.1. The van der Waals surface area contributed by atoms with Gasteiger partial charge in [-0.15, -0.1) is 0 Å². The van der Waals surface area contributed by atoms with Crippen LogP contribution in [0, 0.1) is 5.92 Å². The van der Waals surface area contributed by atoms with Crippen LogP contribution in [0.15, 0.2) is 58.0 Å². The van der Waals surface area contributed by atoms with E-state index in [2.05, 4.69) is 55.4 Å². The van der Waals surface area contributed by atoms with Crippen LogP contribution in [0.4, 0.5) is 11.4 Å². The first-order valence-corrected chi connectivity index (χ1v) is 9.15. The number of anilines is 2. The summed E-state index contributed by atoms with van der Waals surface area (Å²) in [7, 11) is 1.65. The molecule has 0 spiro atoms. The molecule has 2 aromatic carbocycles. The molecule has 0 aromatic heterocycles. The number of rotatable bonds is 5. The summed E-state index contributed by atoms with van der Waals surface area (Å²) in [5, 5.41) is 3.12. The van der Waals surface area contributed by atoms with Gasteiger partial charge >= 0.3 is 0 Å². The summed E-state index contributed by atoms with van der Waals surface area (Å²) >= 11 is 3.48. The second-order valence-corrected chi connectivity index (χ2v) is 7.08. The highest BCUT2D eigenvalue weighted by Crippen LogP contribution is 2.25. The Morgan fingerprint density at radius 1 is 1.32 bits per heavy atom. The molecule has 1 aliphatic heterocycles. The van der Waals surface area contributed by atoms with E-state index in [0.29, 0.717) is 11.9 Å². The Kier molecular flexibility index (Phi) is 5.81. The van der Waals surface area contributed by atoms with Crippen LogP contribution in [0.25, 0.3) is 0 Å². The lowest BCUT2D eigenvalue weighted by Gasteiger charge is -2.18. The fourth-order valence-electron chi connectivity index (χ4n) is 2.98. The first-order valence-electron chi connectivity index (χ1n) is 8.35. The quantitative estimate of drug-likeness (QED) is 0.590. The van der Waals surface area contributed by atoms with Crippen molar-refractivity contribution in [2.24, 2.45) is 16.6 Å². The Morgan fingerprint density at radius 2 is 2.12 bits per heavy atom. The van der Waals surface area contributed by atoms with E-state index in [0.717, 1.165) is 42.0 Å². The predicted octanol–water partition coefficient (Wildman–Crippen LogP) is 3.71. The predicted molar refractivity (Wildman–Crippen MR) is 108 cm³/mol. The molecule has 132 valence electrons. The Labute approximate surface area is 157 Å². The standard InChI is InChI=1S/C19H23BrN4O/c1-25-18-4-2-3-16(11-18)23-19(21)22-12-14-9-10-24(13-14)17-7-5-15(20)6-8-17/h2-8,11,14H,9-10,12-13H2,1H3,(H3,21,22,23). The van der Waals surface area contributed by atoms with Crippen molar-refractivity contribution in [2.45, 2.75) is 6.42 Å². The number of aliphatic imine (C=N–C) groups is 1. The molecule has 0 bridgehead atoms. The average molecular weight is 403 g/mol. The first kappa shape index (κ1) is 17.6. The lowest BCUT2D eigenvalue weighted by Crippen LogP contribution is -2.25. The van der Waals surface area contributed by atoms with Crippen LogP contribution in [0.5, 0.6) is 5.75 Å². The van der Waals surface area contributed by atoms with Crippen LogP contribution < -0.4 is 20.7 Å². The van der Waals surface area contributed by atoms with Gasteiger partial charge < -0.3 is 20.7 Å². The fraction of sp³-hybridized carbons (Fsp3) is 0.316. The summed E-state index contributed by atoms with van der Waals surface area (Å²) < 4.78 is 6.31. The molecule has 0 saturated carbocycles. The van der Waals surface area contributed by atoms with E-state index in [1.54, 1.807) is 7.11 Å². The van der Waals surface area contributed by atoms with Crippen LogP contribution in [-0.2, 0) is 0 Å². The Hall–Kier alpha value is -2.21. The molecular formula is C19H23BrN4O. The Morgan fingerprint density at radius 3 is 2.88 bits per heavy atom. The molecule has 2 aromatic rings. The van der Waals surface area contributed by atoms with Gasteiger partial charge in [-0.25, -0.2) is 0 Å². The van der Waals surface area contributed by atoms with Gasteiger partial charge in [0, 0.05) is 41.5 Å². The van der Waals surface area contributed by atoms with Crippen LogP contribution in [0.1, 0.15) is 6.42 Å². The van der Waals surface area contributed by atoms with E-state index in [4.69, 9.17) is 10.5 Å². The number of nitrogens with zero attached hydrogens (tertiary/aromatic N) is 2. The molecule has 6 heteroatoms. The zero-order chi connectivity index (χ0) is 17.6. The summed E-state index contributed by atoms with van der Waals surface area (Å²) in [6.45, 7) is 2.80. The third kappa shape index (κ3) is 4.89. The van der Waals surface area contributed by atoms with Crippen molar-refractivity contribution in [3.05, 3.63) is 53.0 Å². The molecule has 3 N–H and O–H groups in total. The molecule has 3 rings (SSSR count). The number of hydrogen-bond donors (Lipinski definition) is 2. The van der Waals surface area contributed by atoms with E-state index in [1.165, 1.54) is 5.69 Å². The number of hydrogen-bond acceptors (Lipinski definition) is 3. The van der Waals surface area contributed by atoms with Crippen molar-refractivity contribution in [1.82, 2.24) is 0 Å². The van der Waals surface area contributed by atoms with Crippen molar-refractivity contribution in [1.29, 1.82) is 0 Å². The zero-order valence-electron chi connectivity index (χ0n) is 14.3. The highest BCUT2D eigenvalue weighted by atomic mass is 79.9. The SMILES string of the molecule is COc1cccc(NC(N)=NCC2CCN(c3ccc(Br)cc3)C2)c1.